The summed E-state index contributed by atoms with van der Waals surface area (Å²) in [5.41, 5.74) is 3.48. The fourth-order valence-electron chi connectivity index (χ4n) is 4.45. The van der Waals surface area contributed by atoms with Gasteiger partial charge in [-0.2, -0.15) is 4.98 Å². The van der Waals surface area contributed by atoms with E-state index in [1.54, 1.807) is 6.20 Å². The van der Waals surface area contributed by atoms with Crippen LogP contribution in [-0.4, -0.2) is 32.6 Å². The van der Waals surface area contributed by atoms with Crippen LogP contribution in [-0.2, 0) is 13.1 Å². The fraction of sp³-hybridized carbons (Fsp3) is 0.320. The van der Waals surface area contributed by atoms with E-state index in [0.717, 1.165) is 43.6 Å². The number of nitrogens with zero attached hydrogens (tertiary/aromatic N) is 4. The Morgan fingerprint density at radius 1 is 1.11 bits per heavy atom. The zero-order valence-electron chi connectivity index (χ0n) is 19.1. The van der Waals surface area contributed by atoms with Gasteiger partial charge in [-0.25, -0.2) is 18.7 Å². The van der Waals surface area contributed by atoms with E-state index < -0.39 is 11.6 Å². The number of halogens is 4. The average Bonchev–Trinajstić information content (AvgIpc) is 3.17. The number of hydrogen-bond donors (Lipinski definition) is 2. The lowest BCUT2D eigenvalue weighted by Crippen LogP contribution is -2.32. The first-order valence-electron chi connectivity index (χ1n) is 11.5. The number of imidazole rings is 1. The van der Waals surface area contributed by atoms with Crippen molar-refractivity contribution in [2.45, 2.75) is 32.9 Å². The van der Waals surface area contributed by atoms with Gasteiger partial charge in [0, 0.05) is 13.1 Å². The molecule has 35 heavy (non-hydrogen) atoms. The van der Waals surface area contributed by atoms with E-state index in [1.807, 2.05) is 19.1 Å². The van der Waals surface area contributed by atoms with Crippen LogP contribution in [0.5, 0.6) is 0 Å². The fourth-order valence-corrected chi connectivity index (χ4v) is 5.22. The molecule has 1 fully saturated rings. The number of rotatable bonds is 6. The number of piperidine rings is 1. The Labute approximate surface area is 211 Å². The van der Waals surface area contributed by atoms with Gasteiger partial charge in [0.2, 0.25) is 5.95 Å². The number of aromatic nitrogens is 4. The predicted molar refractivity (Wildman–Crippen MR) is 135 cm³/mol. The maximum Gasteiger partial charge on any atom is 0.225 e. The van der Waals surface area contributed by atoms with E-state index in [0.29, 0.717) is 56.6 Å². The zero-order valence-corrected chi connectivity index (χ0v) is 20.6. The minimum absolute atomic E-state index is 0.242. The Kier molecular flexibility index (Phi) is 6.86. The normalized spacial score (nSPS) is 16.1. The van der Waals surface area contributed by atoms with Gasteiger partial charge >= 0.3 is 0 Å². The molecule has 0 bridgehead atoms. The molecule has 0 saturated carbocycles. The summed E-state index contributed by atoms with van der Waals surface area (Å²) < 4.78 is 28.9. The van der Waals surface area contributed by atoms with Gasteiger partial charge in [-0.3, -0.25) is 0 Å². The SMILES string of the molecule is Cc1cc(Cl)c(-c2nc3cnc(NCc4ccc(F)c(F)c4)nc3n2C[C@@H]2CCCNC2)c(Cl)c1. The summed E-state index contributed by atoms with van der Waals surface area (Å²) in [5.74, 6) is -0.369. The third-order valence-electron chi connectivity index (χ3n) is 6.17. The zero-order chi connectivity index (χ0) is 24.5. The van der Waals surface area contributed by atoms with E-state index in [9.17, 15) is 8.78 Å². The molecule has 6 nitrogen and oxygen atoms in total. The lowest BCUT2D eigenvalue weighted by atomic mass is 9.99. The van der Waals surface area contributed by atoms with E-state index in [4.69, 9.17) is 33.2 Å². The van der Waals surface area contributed by atoms with Crippen LogP contribution < -0.4 is 10.6 Å². The monoisotopic (exact) mass is 516 g/mol. The highest BCUT2D eigenvalue weighted by molar-refractivity contribution is 6.39. The molecule has 182 valence electrons. The predicted octanol–water partition coefficient (Wildman–Crippen LogP) is 6.00. The second-order valence-electron chi connectivity index (χ2n) is 8.87. The van der Waals surface area contributed by atoms with Gasteiger partial charge in [-0.15, -0.1) is 0 Å². The number of nitrogens with one attached hydrogen (secondary N) is 2. The molecule has 2 aromatic heterocycles. The summed E-state index contributed by atoms with van der Waals surface area (Å²) in [6.07, 6.45) is 3.84. The standard InChI is InChI=1S/C25H24Cl2F2N6/c1-14-7-17(26)22(18(27)8-14)24-33-21-12-32-25(31-11-15-4-5-19(28)20(29)9-15)34-23(21)35(24)13-16-3-2-6-30-10-16/h4-5,7-9,12,16,30H,2-3,6,10-11,13H2,1H3,(H,31,32,34)/t16-/m1/s1. The summed E-state index contributed by atoms with van der Waals surface area (Å²) in [5, 5.41) is 7.60. The highest BCUT2D eigenvalue weighted by Gasteiger charge is 2.23. The first-order chi connectivity index (χ1) is 16.9. The van der Waals surface area contributed by atoms with Crippen molar-refractivity contribution in [3.05, 3.63) is 69.3 Å². The molecule has 1 saturated heterocycles. The molecule has 0 unspecified atom stereocenters. The quantitative estimate of drug-likeness (QED) is 0.329. The number of anilines is 1. The molecule has 3 heterocycles. The molecular formula is C25H24Cl2F2N6. The third-order valence-corrected chi connectivity index (χ3v) is 6.77. The maximum absolute atomic E-state index is 13.6. The van der Waals surface area contributed by atoms with Crippen LogP contribution in [0.2, 0.25) is 10.0 Å². The third kappa shape index (κ3) is 5.10. The van der Waals surface area contributed by atoms with E-state index in [2.05, 4.69) is 20.2 Å². The lowest BCUT2D eigenvalue weighted by molar-refractivity contribution is 0.341. The molecule has 5 rings (SSSR count). The number of hydrogen-bond acceptors (Lipinski definition) is 5. The molecule has 1 atom stereocenters. The second-order valence-corrected chi connectivity index (χ2v) is 9.68. The van der Waals surface area contributed by atoms with Crippen LogP contribution >= 0.6 is 23.2 Å². The van der Waals surface area contributed by atoms with Gasteiger partial charge in [0.1, 0.15) is 11.3 Å². The first-order valence-corrected chi connectivity index (χ1v) is 12.2. The van der Waals surface area contributed by atoms with Crippen LogP contribution in [0.3, 0.4) is 0 Å². The topological polar surface area (TPSA) is 67.7 Å². The van der Waals surface area contributed by atoms with Crippen molar-refractivity contribution in [1.82, 2.24) is 24.8 Å². The molecule has 2 N–H and O–H groups in total. The van der Waals surface area contributed by atoms with Crippen LogP contribution in [0, 0.1) is 24.5 Å². The number of fused-ring (bicyclic) bond motifs is 1. The van der Waals surface area contributed by atoms with Gasteiger partial charge in [-0.1, -0.05) is 29.3 Å². The Morgan fingerprint density at radius 2 is 1.91 bits per heavy atom. The first kappa shape index (κ1) is 23.9. The molecule has 1 aliphatic rings. The average molecular weight is 517 g/mol. The molecule has 0 spiro atoms. The van der Waals surface area contributed by atoms with Gasteiger partial charge in [0.05, 0.1) is 21.8 Å². The van der Waals surface area contributed by atoms with Gasteiger partial charge < -0.3 is 15.2 Å². The summed E-state index contributed by atoms with van der Waals surface area (Å²) in [4.78, 5) is 13.9. The largest absolute Gasteiger partial charge is 0.350 e. The highest BCUT2D eigenvalue weighted by atomic mass is 35.5. The van der Waals surface area contributed by atoms with Crippen molar-refractivity contribution in [3.8, 4) is 11.4 Å². The van der Waals surface area contributed by atoms with Crippen LogP contribution in [0.1, 0.15) is 24.0 Å². The lowest BCUT2D eigenvalue weighted by Gasteiger charge is -2.24. The summed E-state index contributed by atoms with van der Waals surface area (Å²) in [6, 6.07) is 7.51. The van der Waals surface area contributed by atoms with Crippen LogP contribution in [0.15, 0.2) is 36.5 Å². The van der Waals surface area contributed by atoms with Gasteiger partial charge in [0.15, 0.2) is 17.3 Å². The minimum atomic E-state index is -0.892. The molecule has 0 amide bonds. The van der Waals surface area contributed by atoms with Gasteiger partial charge in [-0.05, 0) is 74.2 Å². The Balaban J connectivity index is 1.54. The smallest absolute Gasteiger partial charge is 0.225 e. The van der Waals surface area contributed by atoms with E-state index in [1.165, 1.54) is 6.07 Å². The van der Waals surface area contributed by atoms with Crippen molar-refractivity contribution >= 4 is 40.3 Å². The maximum atomic E-state index is 13.6. The Bertz CT molecular complexity index is 1360. The Morgan fingerprint density at radius 3 is 2.63 bits per heavy atom. The van der Waals surface area contributed by atoms with Crippen molar-refractivity contribution in [3.63, 3.8) is 0 Å². The van der Waals surface area contributed by atoms with Crippen molar-refractivity contribution in [1.29, 1.82) is 0 Å². The second kappa shape index (κ2) is 10.0. The van der Waals surface area contributed by atoms with Crippen LogP contribution in [0.4, 0.5) is 14.7 Å². The molecule has 0 aliphatic carbocycles. The van der Waals surface area contributed by atoms with Crippen molar-refractivity contribution < 1.29 is 8.78 Å². The van der Waals surface area contributed by atoms with Gasteiger partial charge in [0.25, 0.3) is 0 Å². The Hall–Kier alpha value is -2.81. The molecule has 0 radical (unpaired) electrons. The van der Waals surface area contributed by atoms with E-state index >= 15 is 0 Å². The minimum Gasteiger partial charge on any atom is -0.350 e. The number of benzene rings is 2. The molecule has 1 aliphatic heterocycles. The van der Waals surface area contributed by atoms with Crippen LogP contribution in [0.25, 0.3) is 22.6 Å². The summed E-state index contributed by atoms with van der Waals surface area (Å²) >= 11 is 13.3. The molecular weight excluding hydrogens is 493 g/mol. The van der Waals surface area contributed by atoms with E-state index in [-0.39, 0.29) is 6.54 Å². The molecule has 4 aromatic rings. The highest BCUT2D eigenvalue weighted by Crippen LogP contribution is 2.37. The van der Waals surface area contributed by atoms with Crippen molar-refractivity contribution in [2.24, 2.45) is 5.92 Å². The summed E-state index contributed by atoms with van der Waals surface area (Å²) in [6.45, 7) is 4.80. The van der Waals surface area contributed by atoms with Crippen molar-refractivity contribution in [2.75, 3.05) is 18.4 Å². The molecule has 2 aromatic carbocycles. The number of aryl methyl sites for hydroxylation is 1. The molecule has 10 heteroatoms. The summed E-state index contributed by atoms with van der Waals surface area (Å²) in [7, 11) is 0.